The van der Waals surface area contributed by atoms with Gasteiger partial charge in [-0.1, -0.05) is 38.8 Å². The Balaban J connectivity index is 1.82. The molecule has 0 spiro atoms. The Morgan fingerprint density at radius 2 is 1.84 bits per heavy atom. The van der Waals surface area contributed by atoms with Crippen molar-refractivity contribution in [1.29, 1.82) is 0 Å². The van der Waals surface area contributed by atoms with Gasteiger partial charge in [0.05, 0.1) is 13.7 Å². The summed E-state index contributed by atoms with van der Waals surface area (Å²) in [5.74, 6) is 2.58. The first-order valence-electron chi connectivity index (χ1n) is 9.44. The van der Waals surface area contributed by atoms with E-state index in [1.807, 2.05) is 6.07 Å². The summed E-state index contributed by atoms with van der Waals surface area (Å²) in [6.07, 6.45) is 7.49. The van der Waals surface area contributed by atoms with E-state index in [2.05, 4.69) is 33.8 Å². The molecule has 1 saturated carbocycles. The molecule has 0 aliphatic heterocycles. The summed E-state index contributed by atoms with van der Waals surface area (Å²) < 4.78 is 11.4. The topological polar surface area (TPSA) is 38.7 Å². The fourth-order valence-corrected chi connectivity index (χ4v) is 5.40. The smallest absolute Gasteiger partial charge is 0.126 e. The Morgan fingerprint density at radius 3 is 2.56 bits per heavy atom. The van der Waals surface area contributed by atoms with Gasteiger partial charge in [0.2, 0.25) is 0 Å². The van der Waals surface area contributed by atoms with Crippen molar-refractivity contribution < 1.29 is 14.6 Å². The van der Waals surface area contributed by atoms with Crippen molar-refractivity contribution in [2.45, 2.75) is 53.4 Å². The van der Waals surface area contributed by atoms with Crippen LogP contribution in [-0.2, 0) is 0 Å². The van der Waals surface area contributed by atoms with Gasteiger partial charge in [-0.05, 0) is 42.9 Å². The second-order valence-corrected chi connectivity index (χ2v) is 8.81. The van der Waals surface area contributed by atoms with Crippen LogP contribution in [0, 0.1) is 22.7 Å². The van der Waals surface area contributed by atoms with Crippen LogP contribution in [-0.4, -0.2) is 18.8 Å². The van der Waals surface area contributed by atoms with Crippen LogP contribution in [0.5, 0.6) is 17.2 Å². The third-order valence-electron chi connectivity index (χ3n) is 6.81. The lowest BCUT2D eigenvalue weighted by Gasteiger charge is -2.56. The van der Waals surface area contributed by atoms with Crippen molar-refractivity contribution in [2.24, 2.45) is 22.7 Å². The number of allylic oxidation sites excluding steroid dienone is 1. The molecule has 1 aromatic carbocycles. The van der Waals surface area contributed by atoms with Crippen molar-refractivity contribution in [3.8, 4) is 17.2 Å². The predicted octanol–water partition coefficient (Wildman–Crippen LogP) is 5.58. The van der Waals surface area contributed by atoms with Gasteiger partial charge in [0.15, 0.2) is 0 Å². The lowest BCUT2D eigenvalue weighted by atomic mass is 9.49. The fourth-order valence-electron chi connectivity index (χ4n) is 5.40. The quantitative estimate of drug-likeness (QED) is 0.725. The minimum absolute atomic E-state index is 0.174. The molecule has 0 unspecified atom stereocenters. The van der Waals surface area contributed by atoms with Gasteiger partial charge in [0, 0.05) is 24.1 Å². The average Bonchev–Trinajstić information content (AvgIpc) is 2.52. The van der Waals surface area contributed by atoms with Crippen molar-refractivity contribution in [3.63, 3.8) is 0 Å². The number of benzene rings is 1. The summed E-state index contributed by atoms with van der Waals surface area (Å²) in [5.41, 5.74) is 2.11. The SMILES string of the molecule is COc1cc(O)cc(OC[C@H]2C(C)=CC[C@H]3C(C)(C)CCC[C@@]23C)c1. The van der Waals surface area contributed by atoms with Gasteiger partial charge < -0.3 is 14.6 Å². The van der Waals surface area contributed by atoms with Crippen LogP contribution in [0.4, 0.5) is 0 Å². The molecule has 2 aliphatic rings. The van der Waals surface area contributed by atoms with Crippen LogP contribution in [0.2, 0.25) is 0 Å². The number of ether oxygens (including phenoxy) is 2. The molecular formula is C22H32O3. The van der Waals surface area contributed by atoms with E-state index in [9.17, 15) is 5.11 Å². The number of hydrogen-bond donors (Lipinski definition) is 1. The van der Waals surface area contributed by atoms with Gasteiger partial charge in [-0.2, -0.15) is 0 Å². The molecule has 1 aromatic rings. The molecule has 0 amide bonds. The molecule has 0 radical (unpaired) electrons. The van der Waals surface area contributed by atoms with Gasteiger partial charge in [-0.3, -0.25) is 0 Å². The van der Waals surface area contributed by atoms with Gasteiger partial charge in [0.1, 0.15) is 17.2 Å². The number of hydrogen-bond acceptors (Lipinski definition) is 3. The zero-order chi connectivity index (χ0) is 18.2. The molecule has 0 bridgehead atoms. The largest absolute Gasteiger partial charge is 0.508 e. The Kier molecular flexibility index (Phi) is 4.78. The van der Waals surface area contributed by atoms with Gasteiger partial charge in [-0.25, -0.2) is 0 Å². The highest BCUT2D eigenvalue weighted by Gasteiger charge is 2.52. The van der Waals surface area contributed by atoms with Gasteiger partial charge in [0.25, 0.3) is 0 Å². The maximum Gasteiger partial charge on any atom is 0.126 e. The van der Waals surface area contributed by atoms with E-state index in [1.54, 1.807) is 19.2 Å². The van der Waals surface area contributed by atoms with E-state index >= 15 is 0 Å². The molecule has 25 heavy (non-hydrogen) atoms. The maximum absolute atomic E-state index is 9.85. The monoisotopic (exact) mass is 344 g/mol. The van der Waals surface area contributed by atoms with Gasteiger partial charge in [-0.15, -0.1) is 0 Å². The standard InChI is InChI=1S/C22H32O3/c1-15-7-8-20-21(2,3)9-6-10-22(20,4)19(15)14-25-18-12-16(23)11-17(13-18)24-5/h7,11-13,19-20,23H,6,8-10,14H2,1-5H3/t19-,20-,22-/m0/s1. The minimum Gasteiger partial charge on any atom is -0.508 e. The highest BCUT2D eigenvalue weighted by Crippen LogP contribution is 2.59. The molecule has 1 fully saturated rings. The van der Waals surface area contributed by atoms with Crippen LogP contribution in [0.3, 0.4) is 0 Å². The lowest BCUT2D eigenvalue weighted by Crippen LogP contribution is -2.49. The summed E-state index contributed by atoms with van der Waals surface area (Å²) in [6.45, 7) is 10.2. The summed E-state index contributed by atoms with van der Waals surface area (Å²) >= 11 is 0. The molecule has 0 aromatic heterocycles. The first kappa shape index (κ1) is 18.2. The second-order valence-electron chi connectivity index (χ2n) is 8.81. The number of fused-ring (bicyclic) bond motifs is 1. The van der Waals surface area contributed by atoms with Crippen molar-refractivity contribution in [2.75, 3.05) is 13.7 Å². The van der Waals surface area contributed by atoms with Crippen LogP contribution < -0.4 is 9.47 Å². The average molecular weight is 344 g/mol. The number of aromatic hydroxyl groups is 1. The third kappa shape index (κ3) is 3.38. The fraction of sp³-hybridized carbons (Fsp3) is 0.636. The van der Waals surface area contributed by atoms with E-state index < -0.39 is 0 Å². The van der Waals surface area contributed by atoms with E-state index in [-0.39, 0.29) is 11.2 Å². The first-order chi connectivity index (χ1) is 11.8. The van der Waals surface area contributed by atoms with Crippen molar-refractivity contribution >= 4 is 0 Å². The molecule has 3 rings (SSSR count). The summed E-state index contributed by atoms with van der Waals surface area (Å²) in [6, 6.07) is 5.10. The van der Waals surface area contributed by atoms with E-state index in [0.29, 0.717) is 35.4 Å². The second kappa shape index (κ2) is 6.59. The lowest BCUT2D eigenvalue weighted by molar-refractivity contribution is -0.0481. The first-order valence-corrected chi connectivity index (χ1v) is 9.44. The van der Waals surface area contributed by atoms with E-state index in [0.717, 1.165) is 0 Å². The van der Waals surface area contributed by atoms with E-state index in [1.165, 1.54) is 31.3 Å². The maximum atomic E-state index is 9.85. The molecule has 1 N–H and O–H groups in total. The molecular weight excluding hydrogens is 312 g/mol. The molecule has 0 heterocycles. The summed E-state index contributed by atoms with van der Waals surface area (Å²) in [4.78, 5) is 0. The van der Waals surface area contributed by atoms with Crippen LogP contribution in [0.15, 0.2) is 29.8 Å². The highest BCUT2D eigenvalue weighted by molar-refractivity contribution is 5.41. The molecule has 3 atom stereocenters. The number of phenolic OH excluding ortho intramolecular Hbond substituents is 1. The Labute approximate surface area is 152 Å². The van der Waals surface area contributed by atoms with Crippen molar-refractivity contribution in [3.05, 3.63) is 29.8 Å². The summed E-state index contributed by atoms with van der Waals surface area (Å²) in [7, 11) is 1.60. The molecule has 0 saturated heterocycles. The number of phenols is 1. The highest BCUT2D eigenvalue weighted by atomic mass is 16.5. The molecule has 3 heteroatoms. The number of rotatable bonds is 4. The molecule has 3 nitrogen and oxygen atoms in total. The zero-order valence-electron chi connectivity index (χ0n) is 16.3. The van der Waals surface area contributed by atoms with E-state index in [4.69, 9.17) is 9.47 Å². The Hall–Kier alpha value is -1.64. The third-order valence-corrected chi connectivity index (χ3v) is 6.81. The molecule has 138 valence electrons. The Bertz CT molecular complexity index is 661. The van der Waals surface area contributed by atoms with Crippen LogP contribution in [0.1, 0.15) is 53.4 Å². The molecule has 2 aliphatic carbocycles. The number of methoxy groups -OCH3 is 1. The zero-order valence-corrected chi connectivity index (χ0v) is 16.3. The Morgan fingerprint density at radius 1 is 1.12 bits per heavy atom. The van der Waals surface area contributed by atoms with Crippen LogP contribution >= 0.6 is 0 Å². The summed E-state index contributed by atoms with van der Waals surface area (Å²) in [5, 5.41) is 9.85. The predicted molar refractivity (Wildman–Crippen MR) is 101 cm³/mol. The van der Waals surface area contributed by atoms with Crippen LogP contribution in [0.25, 0.3) is 0 Å². The minimum atomic E-state index is 0.174. The normalized spacial score (nSPS) is 31.0. The van der Waals surface area contributed by atoms with Crippen molar-refractivity contribution in [1.82, 2.24) is 0 Å². The van der Waals surface area contributed by atoms with Gasteiger partial charge >= 0.3 is 0 Å².